The Hall–Kier alpha value is -4.61. The molecule has 0 atom stereocenters. The van der Waals surface area contributed by atoms with Crippen LogP contribution in [0.5, 0.6) is 0 Å². The van der Waals surface area contributed by atoms with Gasteiger partial charge in [-0.3, -0.25) is 28.9 Å². The topological polar surface area (TPSA) is 136 Å². The zero-order chi connectivity index (χ0) is 28.9. The van der Waals surface area contributed by atoms with Crippen LogP contribution < -0.4 is 16.2 Å². The van der Waals surface area contributed by atoms with E-state index < -0.39 is 29.7 Å². The van der Waals surface area contributed by atoms with E-state index in [1.165, 1.54) is 28.8 Å². The third-order valence-electron chi connectivity index (χ3n) is 7.06. The van der Waals surface area contributed by atoms with Crippen LogP contribution in [-0.4, -0.2) is 72.2 Å². The monoisotopic (exact) mass is 558 g/mol. The van der Waals surface area contributed by atoms with E-state index in [4.69, 9.17) is 9.47 Å². The van der Waals surface area contributed by atoms with Crippen molar-refractivity contribution >= 4 is 23.6 Å². The lowest BCUT2D eigenvalue weighted by Gasteiger charge is -2.33. The lowest BCUT2D eigenvalue weighted by atomic mass is 10.1. The van der Waals surface area contributed by atoms with E-state index in [0.717, 1.165) is 5.56 Å². The predicted molar refractivity (Wildman–Crippen MR) is 148 cm³/mol. The molecule has 212 valence electrons. The summed E-state index contributed by atoms with van der Waals surface area (Å²) in [5, 5.41) is 5.26. The van der Waals surface area contributed by atoms with E-state index in [0.29, 0.717) is 30.5 Å². The second-order valence-corrected chi connectivity index (χ2v) is 9.81. The highest BCUT2D eigenvalue weighted by Gasteiger charge is 2.41. The van der Waals surface area contributed by atoms with Crippen molar-refractivity contribution in [3.8, 4) is 0 Å². The number of nitrogens with zero attached hydrogens (tertiary/aromatic N) is 2. The number of ether oxygens (including phenoxy) is 2. The Morgan fingerprint density at radius 3 is 2.17 bits per heavy atom. The molecule has 0 radical (unpaired) electrons. The van der Waals surface area contributed by atoms with Crippen molar-refractivity contribution in [1.29, 1.82) is 0 Å². The van der Waals surface area contributed by atoms with Crippen LogP contribution in [0.15, 0.2) is 71.7 Å². The Kier molecular flexibility index (Phi) is 8.37. The van der Waals surface area contributed by atoms with Gasteiger partial charge in [-0.25, -0.2) is 0 Å². The van der Waals surface area contributed by atoms with Crippen molar-refractivity contribution in [2.75, 3.05) is 26.8 Å². The smallest absolute Gasteiger partial charge is 0.263 e. The van der Waals surface area contributed by atoms with Crippen LogP contribution in [0.25, 0.3) is 0 Å². The predicted octanol–water partition coefficient (Wildman–Crippen LogP) is 1.80. The number of aromatic nitrogens is 1. The first kappa shape index (κ1) is 27.9. The zero-order valence-corrected chi connectivity index (χ0v) is 22.5. The van der Waals surface area contributed by atoms with Gasteiger partial charge in [0, 0.05) is 26.2 Å². The van der Waals surface area contributed by atoms with Crippen LogP contribution in [0.4, 0.5) is 0 Å². The highest BCUT2D eigenvalue weighted by molar-refractivity contribution is 6.21. The Labute approximate surface area is 236 Å². The number of amides is 4. The number of rotatable bonds is 9. The van der Waals surface area contributed by atoms with Crippen LogP contribution in [0.3, 0.4) is 0 Å². The largest absolute Gasteiger partial charge is 0.355 e. The highest BCUT2D eigenvalue weighted by Crippen LogP contribution is 2.26. The number of hydrogen-bond donors (Lipinski definition) is 2. The molecule has 0 bridgehead atoms. The molecule has 2 aliphatic heterocycles. The molecule has 0 unspecified atom stereocenters. The third kappa shape index (κ3) is 5.96. The summed E-state index contributed by atoms with van der Waals surface area (Å²) >= 11 is 0. The Balaban J connectivity index is 1.13. The first-order valence-corrected chi connectivity index (χ1v) is 13.4. The van der Waals surface area contributed by atoms with Crippen LogP contribution in [0.2, 0.25) is 0 Å². The Morgan fingerprint density at radius 2 is 1.54 bits per heavy atom. The molecule has 5 rings (SSSR count). The maximum atomic E-state index is 12.9. The van der Waals surface area contributed by atoms with E-state index in [2.05, 4.69) is 10.6 Å². The van der Waals surface area contributed by atoms with Crippen molar-refractivity contribution < 1.29 is 28.7 Å². The maximum Gasteiger partial charge on any atom is 0.263 e. The summed E-state index contributed by atoms with van der Waals surface area (Å²) in [6.45, 7) is 0.835. The summed E-state index contributed by atoms with van der Waals surface area (Å²) in [4.78, 5) is 64.7. The number of imide groups is 1. The van der Waals surface area contributed by atoms with Gasteiger partial charge in [-0.05, 0) is 30.2 Å². The number of pyridine rings is 1. The van der Waals surface area contributed by atoms with Gasteiger partial charge in [0.2, 0.25) is 0 Å². The van der Waals surface area contributed by atoms with Crippen LogP contribution in [0, 0.1) is 0 Å². The minimum atomic E-state index is -0.572. The molecule has 3 aromatic rings. The molecule has 4 amide bonds. The van der Waals surface area contributed by atoms with Crippen molar-refractivity contribution in [3.63, 3.8) is 0 Å². The normalized spacial score (nSPS) is 18.2. The lowest BCUT2D eigenvalue weighted by molar-refractivity contribution is -0.199. The number of carbonyl (C=O) groups is 4. The molecule has 2 N–H and O–H groups in total. The van der Waals surface area contributed by atoms with Gasteiger partial charge in [-0.2, -0.15) is 0 Å². The number of hydrogen-bond acceptors (Lipinski definition) is 7. The van der Waals surface area contributed by atoms with Crippen LogP contribution in [0.1, 0.15) is 59.8 Å². The van der Waals surface area contributed by atoms with Crippen molar-refractivity contribution in [1.82, 2.24) is 20.1 Å². The van der Waals surface area contributed by atoms with Gasteiger partial charge in [-0.1, -0.05) is 42.5 Å². The lowest BCUT2D eigenvalue weighted by Crippen LogP contribution is -2.49. The SMILES string of the molecule is CNC(=O)c1cc(C(=O)NCCCC2OCC(N3C(=O)c4ccccc4C3=O)CO2)cn(Cc2ccccc2)c1=O. The maximum absolute atomic E-state index is 12.9. The van der Waals surface area contributed by atoms with Gasteiger partial charge >= 0.3 is 0 Å². The fourth-order valence-corrected chi connectivity index (χ4v) is 4.92. The third-order valence-corrected chi connectivity index (χ3v) is 7.06. The summed E-state index contributed by atoms with van der Waals surface area (Å²) < 4.78 is 12.9. The van der Waals surface area contributed by atoms with Crippen LogP contribution >= 0.6 is 0 Å². The van der Waals surface area contributed by atoms with Crippen molar-refractivity contribution in [2.24, 2.45) is 0 Å². The van der Waals surface area contributed by atoms with Crippen LogP contribution in [-0.2, 0) is 16.0 Å². The fraction of sp³-hybridized carbons (Fsp3) is 0.300. The molecule has 1 fully saturated rings. The molecule has 2 aliphatic rings. The van der Waals surface area contributed by atoms with E-state index in [9.17, 15) is 24.0 Å². The highest BCUT2D eigenvalue weighted by atomic mass is 16.7. The van der Waals surface area contributed by atoms with E-state index in [1.54, 1.807) is 24.3 Å². The molecule has 1 aromatic heterocycles. The first-order valence-electron chi connectivity index (χ1n) is 13.4. The van der Waals surface area contributed by atoms with Gasteiger partial charge in [-0.15, -0.1) is 0 Å². The first-order chi connectivity index (χ1) is 19.9. The Morgan fingerprint density at radius 1 is 0.902 bits per heavy atom. The molecular formula is C30H30N4O7. The molecular weight excluding hydrogens is 528 g/mol. The second-order valence-electron chi connectivity index (χ2n) is 9.81. The molecule has 1 saturated heterocycles. The number of carbonyl (C=O) groups excluding carboxylic acids is 4. The molecule has 3 heterocycles. The quantitative estimate of drug-likeness (QED) is 0.302. The van der Waals surface area contributed by atoms with Gasteiger partial charge in [0.1, 0.15) is 5.56 Å². The molecule has 11 heteroatoms. The standard InChI is InChI=1S/C30H30N4O7/c1-31-27(36)24-14-20(16-33(28(24)37)15-19-8-3-2-4-9-19)26(35)32-13-7-12-25-40-17-21(18-41-25)34-29(38)22-10-5-6-11-23(22)30(34)39/h2-6,8-11,14,16,21,25H,7,12-13,15,17-18H2,1H3,(H,31,36)(H,32,35). The van der Waals surface area contributed by atoms with E-state index in [-0.39, 0.29) is 42.7 Å². The average Bonchev–Trinajstić information content (AvgIpc) is 3.26. The Bertz CT molecular complexity index is 1490. The van der Waals surface area contributed by atoms with E-state index in [1.807, 2.05) is 30.3 Å². The molecule has 11 nitrogen and oxygen atoms in total. The minimum Gasteiger partial charge on any atom is -0.355 e. The summed E-state index contributed by atoms with van der Waals surface area (Å²) in [6.07, 6.45) is 1.92. The number of nitrogens with one attached hydrogen (secondary N) is 2. The molecule has 0 saturated carbocycles. The summed E-state index contributed by atoms with van der Waals surface area (Å²) in [5.41, 5.74) is 1.20. The number of benzene rings is 2. The summed E-state index contributed by atoms with van der Waals surface area (Å²) in [5.74, 6) is -1.69. The zero-order valence-electron chi connectivity index (χ0n) is 22.5. The molecule has 41 heavy (non-hydrogen) atoms. The van der Waals surface area contributed by atoms with Gasteiger partial charge < -0.3 is 24.7 Å². The minimum absolute atomic E-state index is 0.118. The molecule has 2 aromatic carbocycles. The second kappa shape index (κ2) is 12.3. The summed E-state index contributed by atoms with van der Waals surface area (Å²) in [6, 6.07) is 16.8. The van der Waals surface area contributed by atoms with Gasteiger partial charge in [0.15, 0.2) is 6.29 Å². The van der Waals surface area contributed by atoms with Gasteiger partial charge in [0.05, 0.1) is 42.5 Å². The van der Waals surface area contributed by atoms with Crippen molar-refractivity contribution in [2.45, 2.75) is 31.7 Å². The number of fused-ring (bicyclic) bond motifs is 1. The van der Waals surface area contributed by atoms with E-state index >= 15 is 0 Å². The van der Waals surface area contributed by atoms with Gasteiger partial charge in [0.25, 0.3) is 29.2 Å². The summed E-state index contributed by atoms with van der Waals surface area (Å²) in [7, 11) is 1.42. The fourth-order valence-electron chi connectivity index (χ4n) is 4.92. The average molecular weight is 559 g/mol. The molecule has 0 aliphatic carbocycles. The van der Waals surface area contributed by atoms with Crippen molar-refractivity contribution in [3.05, 3.63) is 105 Å². The molecule has 0 spiro atoms.